The third-order valence-corrected chi connectivity index (χ3v) is 7.78. The van der Waals surface area contributed by atoms with Crippen molar-refractivity contribution in [3.63, 3.8) is 0 Å². The highest BCUT2D eigenvalue weighted by Gasteiger charge is 2.23. The molecule has 0 aliphatic carbocycles. The Labute approximate surface area is 230 Å². The first-order valence-electron chi connectivity index (χ1n) is 14.1. The van der Waals surface area contributed by atoms with Gasteiger partial charge in [-0.05, 0) is 80.6 Å². The van der Waals surface area contributed by atoms with E-state index in [0.717, 1.165) is 61.2 Å². The minimum atomic E-state index is -0.0121. The summed E-state index contributed by atoms with van der Waals surface area (Å²) < 4.78 is 8.05. The second-order valence-electron chi connectivity index (χ2n) is 10.2. The van der Waals surface area contributed by atoms with Crippen LogP contribution in [0.2, 0.25) is 0 Å². The van der Waals surface area contributed by atoms with E-state index in [2.05, 4.69) is 22.0 Å². The van der Waals surface area contributed by atoms with Crippen molar-refractivity contribution < 1.29 is 9.53 Å². The van der Waals surface area contributed by atoms with Crippen molar-refractivity contribution in [3.05, 3.63) is 100.0 Å². The van der Waals surface area contributed by atoms with E-state index in [1.165, 1.54) is 11.1 Å². The first-order valence-corrected chi connectivity index (χ1v) is 14.1. The van der Waals surface area contributed by atoms with Crippen LogP contribution in [0.3, 0.4) is 0 Å². The van der Waals surface area contributed by atoms with Gasteiger partial charge in [-0.25, -0.2) is 4.79 Å². The number of benzene rings is 3. The number of likely N-dealkylation sites (tertiary alicyclic amines) is 1. The second-order valence-corrected chi connectivity index (χ2v) is 10.2. The molecule has 0 unspecified atom stereocenters. The molecule has 0 radical (unpaired) electrons. The van der Waals surface area contributed by atoms with Crippen LogP contribution in [0.4, 0.5) is 0 Å². The molecule has 3 aromatic carbocycles. The molecule has 0 spiro atoms. The summed E-state index contributed by atoms with van der Waals surface area (Å²) in [5.41, 5.74) is 4.97. The standard InChI is InChI=1S/C32H38N4O3/c1-3-35(4-2)31(37)26-14-12-24(13-15-26)22-25-8-7-9-28(23-25)39-21-20-34-18-16-27(17-19-34)36-30-11-6-5-10-29(30)33-32(36)38/h5-15,23,27H,3-4,16-22H2,1-2H3,(H,33,38). The Morgan fingerprint density at radius 3 is 2.44 bits per heavy atom. The molecule has 2 heterocycles. The SMILES string of the molecule is CCN(CC)C(=O)c1ccc(Cc2cccc(OCCN3CCC(n4c(=O)[nH]c5ccccc54)CC3)c2)cc1. The number of para-hydroxylation sites is 2. The summed E-state index contributed by atoms with van der Waals surface area (Å²) in [6, 6.07) is 24.3. The molecular weight excluding hydrogens is 488 g/mol. The summed E-state index contributed by atoms with van der Waals surface area (Å²) in [6.45, 7) is 8.83. The average Bonchev–Trinajstić information content (AvgIpc) is 3.30. The van der Waals surface area contributed by atoms with Gasteiger partial charge in [-0.3, -0.25) is 14.3 Å². The van der Waals surface area contributed by atoms with E-state index >= 15 is 0 Å². The number of aromatic amines is 1. The maximum atomic E-state index is 12.6. The molecule has 1 N–H and O–H groups in total. The first-order chi connectivity index (χ1) is 19.1. The number of nitrogens with zero attached hydrogens (tertiary/aromatic N) is 3. The van der Waals surface area contributed by atoms with Crippen molar-refractivity contribution in [3.8, 4) is 5.75 Å². The number of hydrogen-bond donors (Lipinski definition) is 1. The molecule has 5 rings (SSSR count). The molecule has 7 nitrogen and oxygen atoms in total. The number of carbonyl (C=O) groups is 1. The number of ether oxygens (including phenoxy) is 1. The van der Waals surface area contributed by atoms with E-state index in [-0.39, 0.29) is 17.6 Å². The zero-order valence-corrected chi connectivity index (χ0v) is 22.9. The lowest BCUT2D eigenvalue weighted by molar-refractivity contribution is 0.0773. The molecule has 204 valence electrons. The molecule has 7 heteroatoms. The van der Waals surface area contributed by atoms with E-state index in [1.54, 1.807) is 0 Å². The van der Waals surface area contributed by atoms with Gasteiger partial charge < -0.3 is 14.6 Å². The van der Waals surface area contributed by atoms with Gasteiger partial charge in [0.05, 0.1) is 11.0 Å². The van der Waals surface area contributed by atoms with Gasteiger partial charge in [-0.15, -0.1) is 0 Å². The van der Waals surface area contributed by atoms with Crippen molar-refractivity contribution in [1.29, 1.82) is 0 Å². The van der Waals surface area contributed by atoms with Crippen molar-refractivity contribution in [2.24, 2.45) is 0 Å². The maximum absolute atomic E-state index is 12.6. The summed E-state index contributed by atoms with van der Waals surface area (Å²) >= 11 is 0. The lowest BCUT2D eigenvalue weighted by Crippen LogP contribution is -2.38. The summed E-state index contributed by atoms with van der Waals surface area (Å²) in [6.07, 6.45) is 2.70. The van der Waals surface area contributed by atoms with Crippen LogP contribution < -0.4 is 10.4 Å². The molecule has 0 atom stereocenters. The molecular formula is C32H38N4O3. The third-order valence-electron chi connectivity index (χ3n) is 7.78. The van der Waals surface area contributed by atoms with Crippen LogP contribution in [0.5, 0.6) is 5.75 Å². The maximum Gasteiger partial charge on any atom is 0.326 e. The Morgan fingerprint density at radius 1 is 0.949 bits per heavy atom. The predicted molar refractivity (Wildman–Crippen MR) is 156 cm³/mol. The predicted octanol–water partition coefficient (Wildman–Crippen LogP) is 5.12. The van der Waals surface area contributed by atoms with Gasteiger partial charge in [0.15, 0.2) is 0 Å². The number of rotatable bonds is 10. The molecule has 1 amide bonds. The summed E-state index contributed by atoms with van der Waals surface area (Å²) in [5.74, 6) is 0.958. The van der Waals surface area contributed by atoms with Crippen LogP contribution in [0.15, 0.2) is 77.6 Å². The van der Waals surface area contributed by atoms with Gasteiger partial charge in [-0.1, -0.05) is 36.4 Å². The average molecular weight is 527 g/mol. The van der Waals surface area contributed by atoms with E-state index in [1.807, 2.05) is 84.0 Å². The highest BCUT2D eigenvalue weighted by atomic mass is 16.5. The largest absolute Gasteiger partial charge is 0.492 e. The Morgan fingerprint density at radius 2 is 1.69 bits per heavy atom. The fourth-order valence-corrected chi connectivity index (χ4v) is 5.57. The monoisotopic (exact) mass is 526 g/mol. The number of fused-ring (bicyclic) bond motifs is 1. The number of piperidine rings is 1. The van der Waals surface area contributed by atoms with Crippen molar-refractivity contribution in [1.82, 2.24) is 19.4 Å². The van der Waals surface area contributed by atoms with Crippen LogP contribution in [-0.2, 0) is 6.42 Å². The van der Waals surface area contributed by atoms with E-state index < -0.39 is 0 Å². The molecule has 1 aliphatic rings. The lowest BCUT2D eigenvalue weighted by atomic mass is 10.0. The van der Waals surface area contributed by atoms with Crippen molar-refractivity contribution in [2.75, 3.05) is 39.3 Å². The highest BCUT2D eigenvalue weighted by Crippen LogP contribution is 2.25. The number of H-pyrrole nitrogens is 1. The molecule has 1 aromatic heterocycles. The van der Waals surface area contributed by atoms with Crippen LogP contribution >= 0.6 is 0 Å². The van der Waals surface area contributed by atoms with Crippen molar-refractivity contribution >= 4 is 16.9 Å². The summed E-state index contributed by atoms with van der Waals surface area (Å²) in [5, 5.41) is 0. The first kappa shape index (κ1) is 26.8. The van der Waals surface area contributed by atoms with Crippen LogP contribution in [0.25, 0.3) is 11.0 Å². The number of amides is 1. The second kappa shape index (κ2) is 12.3. The molecule has 1 aliphatic heterocycles. The van der Waals surface area contributed by atoms with Crippen molar-refractivity contribution in [2.45, 2.75) is 39.2 Å². The molecule has 0 bridgehead atoms. The zero-order valence-electron chi connectivity index (χ0n) is 22.9. The molecule has 1 fully saturated rings. The van der Waals surface area contributed by atoms with E-state index in [9.17, 15) is 9.59 Å². The number of carbonyl (C=O) groups excluding carboxylic acids is 1. The van der Waals surface area contributed by atoms with Gasteiger partial charge in [-0.2, -0.15) is 0 Å². The Kier molecular flexibility index (Phi) is 8.47. The van der Waals surface area contributed by atoms with Gasteiger partial charge in [0.1, 0.15) is 12.4 Å². The fraction of sp³-hybridized carbons (Fsp3) is 0.375. The molecule has 39 heavy (non-hydrogen) atoms. The Balaban J connectivity index is 1.10. The van der Waals surface area contributed by atoms with Gasteiger partial charge >= 0.3 is 5.69 Å². The number of hydrogen-bond acceptors (Lipinski definition) is 4. The number of aromatic nitrogens is 2. The van der Waals surface area contributed by atoms with E-state index in [0.29, 0.717) is 19.7 Å². The smallest absolute Gasteiger partial charge is 0.326 e. The van der Waals surface area contributed by atoms with Crippen LogP contribution in [0.1, 0.15) is 54.2 Å². The summed E-state index contributed by atoms with van der Waals surface area (Å²) in [7, 11) is 0. The van der Waals surface area contributed by atoms with E-state index in [4.69, 9.17) is 4.74 Å². The van der Waals surface area contributed by atoms with Crippen LogP contribution in [-0.4, -0.2) is 64.6 Å². The van der Waals surface area contributed by atoms with Gasteiger partial charge in [0, 0.05) is 44.3 Å². The highest BCUT2D eigenvalue weighted by molar-refractivity contribution is 5.94. The topological polar surface area (TPSA) is 70.6 Å². The normalized spacial score (nSPS) is 14.5. The zero-order chi connectivity index (χ0) is 27.2. The minimum Gasteiger partial charge on any atom is -0.492 e. The summed E-state index contributed by atoms with van der Waals surface area (Å²) in [4.78, 5) is 32.3. The Bertz CT molecular complexity index is 1440. The molecule has 0 saturated carbocycles. The van der Waals surface area contributed by atoms with Crippen LogP contribution in [0, 0.1) is 0 Å². The quantitative estimate of drug-likeness (QED) is 0.312. The lowest BCUT2D eigenvalue weighted by Gasteiger charge is -2.32. The number of imidazole rings is 1. The third kappa shape index (κ3) is 6.25. The minimum absolute atomic E-state index is 0.0121. The van der Waals surface area contributed by atoms with Gasteiger partial charge in [0.25, 0.3) is 5.91 Å². The van der Waals surface area contributed by atoms with Gasteiger partial charge in [0.2, 0.25) is 0 Å². The number of nitrogens with one attached hydrogen (secondary N) is 1. The molecule has 1 saturated heterocycles. The molecule has 4 aromatic rings. The fourth-order valence-electron chi connectivity index (χ4n) is 5.57. The Hall–Kier alpha value is -3.84.